The molecule has 2 saturated heterocycles. The zero-order chi connectivity index (χ0) is 15.7. The quantitative estimate of drug-likeness (QED) is 0.877. The molecule has 3 heterocycles. The van der Waals surface area contributed by atoms with Crippen LogP contribution in [0.3, 0.4) is 0 Å². The molecule has 7 heteroatoms. The van der Waals surface area contributed by atoms with Crippen LogP contribution in [0.4, 0.5) is 11.6 Å². The van der Waals surface area contributed by atoms with E-state index in [-0.39, 0.29) is 24.2 Å². The minimum absolute atomic E-state index is 0.173. The number of nitrogens with two attached hydrogens (primary N) is 1. The van der Waals surface area contributed by atoms with Crippen LogP contribution in [-0.2, 0) is 9.53 Å². The van der Waals surface area contributed by atoms with Gasteiger partial charge >= 0.3 is 0 Å². The second kappa shape index (κ2) is 6.08. The van der Waals surface area contributed by atoms with Gasteiger partial charge in [0.15, 0.2) is 0 Å². The van der Waals surface area contributed by atoms with Crippen LogP contribution in [0.25, 0.3) is 0 Å². The smallest absolute Gasteiger partial charge is 0.240 e. The van der Waals surface area contributed by atoms with Crippen molar-refractivity contribution in [2.24, 2.45) is 5.73 Å². The van der Waals surface area contributed by atoms with Crippen molar-refractivity contribution in [3.8, 4) is 0 Å². The van der Waals surface area contributed by atoms with Gasteiger partial charge in [-0.3, -0.25) is 4.79 Å². The molecule has 0 bridgehead atoms. The molecule has 2 fully saturated rings. The summed E-state index contributed by atoms with van der Waals surface area (Å²) < 4.78 is 5.76. The van der Waals surface area contributed by atoms with E-state index in [1.807, 2.05) is 11.0 Å². The number of primary amides is 1. The highest BCUT2D eigenvalue weighted by Crippen LogP contribution is 2.27. The molecule has 0 unspecified atom stereocenters. The molecule has 7 nitrogen and oxygen atoms in total. The van der Waals surface area contributed by atoms with Crippen LogP contribution < -0.4 is 15.5 Å². The molecule has 0 radical (unpaired) electrons. The molecule has 2 aliphatic heterocycles. The second-order valence-electron chi connectivity index (χ2n) is 6.15. The van der Waals surface area contributed by atoms with Crippen molar-refractivity contribution in [3.05, 3.63) is 12.4 Å². The van der Waals surface area contributed by atoms with Crippen molar-refractivity contribution in [1.29, 1.82) is 0 Å². The number of anilines is 2. The largest absolute Gasteiger partial charge is 0.372 e. The highest BCUT2D eigenvalue weighted by Gasteiger charge is 2.31. The van der Waals surface area contributed by atoms with Gasteiger partial charge in [-0.05, 0) is 26.7 Å². The van der Waals surface area contributed by atoms with Crippen molar-refractivity contribution in [1.82, 2.24) is 9.97 Å². The van der Waals surface area contributed by atoms with Gasteiger partial charge in [0.2, 0.25) is 5.91 Å². The number of amides is 1. The predicted octanol–water partition coefficient (Wildman–Crippen LogP) is 0.544. The minimum atomic E-state index is -0.286. The first-order chi connectivity index (χ1) is 10.5. The van der Waals surface area contributed by atoms with E-state index >= 15 is 0 Å². The molecule has 1 aromatic heterocycles. The van der Waals surface area contributed by atoms with E-state index in [2.05, 4.69) is 28.7 Å². The number of carbonyl (C=O) groups is 1. The Labute approximate surface area is 130 Å². The fraction of sp³-hybridized carbons (Fsp3) is 0.667. The standard InChI is InChI=1S/C15H23N5O2/c1-10-7-19(8-11(2)22-10)13-6-14(18-9-17-13)20-5-3-4-12(20)15(16)21/h6,9-12H,3-5,7-8H2,1-2H3,(H2,16,21)/t10-,11-,12+/m1/s1. The Balaban J connectivity index is 1.82. The maximum absolute atomic E-state index is 11.6. The summed E-state index contributed by atoms with van der Waals surface area (Å²) in [5.41, 5.74) is 5.49. The maximum atomic E-state index is 11.6. The van der Waals surface area contributed by atoms with E-state index in [1.54, 1.807) is 6.33 Å². The lowest BCUT2D eigenvalue weighted by atomic mass is 10.2. The molecule has 120 valence electrons. The summed E-state index contributed by atoms with van der Waals surface area (Å²) in [5.74, 6) is 1.37. The lowest BCUT2D eigenvalue weighted by molar-refractivity contribution is -0.119. The second-order valence-corrected chi connectivity index (χ2v) is 6.15. The Morgan fingerprint density at radius 3 is 2.64 bits per heavy atom. The number of hydrogen-bond donors (Lipinski definition) is 1. The van der Waals surface area contributed by atoms with E-state index in [1.165, 1.54) is 0 Å². The minimum Gasteiger partial charge on any atom is -0.372 e. The molecular formula is C15H23N5O2. The molecule has 2 N–H and O–H groups in total. The third kappa shape index (κ3) is 2.99. The van der Waals surface area contributed by atoms with E-state index < -0.39 is 0 Å². The third-order valence-corrected chi connectivity index (χ3v) is 4.26. The fourth-order valence-electron chi connectivity index (χ4n) is 3.37. The molecule has 1 aromatic rings. The van der Waals surface area contributed by atoms with E-state index in [0.29, 0.717) is 0 Å². The Kier molecular flexibility index (Phi) is 4.15. The lowest BCUT2D eigenvalue weighted by Gasteiger charge is -2.36. The first kappa shape index (κ1) is 15.0. The summed E-state index contributed by atoms with van der Waals surface area (Å²) in [5, 5.41) is 0. The molecule has 0 aliphatic carbocycles. The number of nitrogens with zero attached hydrogens (tertiary/aromatic N) is 4. The van der Waals surface area contributed by atoms with Gasteiger partial charge in [0, 0.05) is 25.7 Å². The van der Waals surface area contributed by atoms with Gasteiger partial charge in [-0.2, -0.15) is 0 Å². The summed E-state index contributed by atoms with van der Waals surface area (Å²) in [4.78, 5) is 24.5. The normalized spacial score (nSPS) is 28.9. The van der Waals surface area contributed by atoms with Crippen LogP contribution in [0.1, 0.15) is 26.7 Å². The van der Waals surface area contributed by atoms with Gasteiger partial charge in [0.1, 0.15) is 24.0 Å². The van der Waals surface area contributed by atoms with Gasteiger partial charge in [0.25, 0.3) is 0 Å². The number of hydrogen-bond acceptors (Lipinski definition) is 6. The summed E-state index contributed by atoms with van der Waals surface area (Å²) in [6.45, 7) is 6.54. The number of morpholine rings is 1. The molecule has 0 saturated carbocycles. The van der Waals surface area contributed by atoms with Gasteiger partial charge in [-0.25, -0.2) is 9.97 Å². The van der Waals surface area contributed by atoms with Crippen molar-refractivity contribution in [3.63, 3.8) is 0 Å². The van der Waals surface area contributed by atoms with E-state index in [4.69, 9.17) is 10.5 Å². The zero-order valence-electron chi connectivity index (χ0n) is 13.1. The van der Waals surface area contributed by atoms with Crippen LogP contribution in [0.15, 0.2) is 12.4 Å². The topological polar surface area (TPSA) is 84.6 Å². The molecule has 22 heavy (non-hydrogen) atoms. The van der Waals surface area contributed by atoms with Crippen molar-refractivity contribution < 1.29 is 9.53 Å². The number of rotatable bonds is 3. The Morgan fingerprint density at radius 1 is 1.27 bits per heavy atom. The maximum Gasteiger partial charge on any atom is 0.240 e. The van der Waals surface area contributed by atoms with E-state index in [9.17, 15) is 4.79 Å². The van der Waals surface area contributed by atoms with Crippen molar-refractivity contribution in [2.75, 3.05) is 29.4 Å². The predicted molar refractivity (Wildman–Crippen MR) is 83.8 cm³/mol. The summed E-state index contributed by atoms with van der Waals surface area (Å²) in [6.07, 6.45) is 3.66. The first-order valence-electron chi connectivity index (χ1n) is 7.83. The molecule has 0 aromatic carbocycles. The average molecular weight is 305 g/mol. The van der Waals surface area contributed by atoms with Gasteiger partial charge in [-0.15, -0.1) is 0 Å². The van der Waals surface area contributed by atoms with Crippen molar-refractivity contribution in [2.45, 2.75) is 44.9 Å². The van der Waals surface area contributed by atoms with Crippen LogP contribution in [0.5, 0.6) is 0 Å². The zero-order valence-corrected chi connectivity index (χ0v) is 13.1. The third-order valence-electron chi connectivity index (χ3n) is 4.26. The highest BCUT2D eigenvalue weighted by molar-refractivity contribution is 5.84. The SMILES string of the molecule is C[C@@H]1CN(c2cc(N3CCC[C@H]3C(N)=O)ncn2)C[C@@H](C)O1. The Morgan fingerprint density at radius 2 is 1.95 bits per heavy atom. The van der Waals surface area contributed by atoms with Crippen LogP contribution >= 0.6 is 0 Å². The summed E-state index contributed by atoms with van der Waals surface area (Å²) in [6, 6.07) is 1.69. The van der Waals surface area contributed by atoms with Crippen LogP contribution in [0.2, 0.25) is 0 Å². The van der Waals surface area contributed by atoms with Crippen LogP contribution in [0, 0.1) is 0 Å². The highest BCUT2D eigenvalue weighted by atomic mass is 16.5. The molecule has 0 spiro atoms. The number of carbonyl (C=O) groups excluding carboxylic acids is 1. The van der Waals surface area contributed by atoms with Crippen molar-refractivity contribution >= 4 is 17.5 Å². The summed E-state index contributed by atoms with van der Waals surface area (Å²) >= 11 is 0. The monoisotopic (exact) mass is 305 g/mol. The average Bonchev–Trinajstić information content (AvgIpc) is 2.96. The van der Waals surface area contributed by atoms with Gasteiger partial charge < -0.3 is 20.3 Å². The molecule has 2 aliphatic rings. The number of aromatic nitrogens is 2. The molecular weight excluding hydrogens is 282 g/mol. The Bertz CT molecular complexity index is 542. The Hall–Kier alpha value is -1.89. The summed E-state index contributed by atoms with van der Waals surface area (Å²) in [7, 11) is 0. The first-order valence-corrected chi connectivity index (χ1v) is 7.83. The van der Waals surface area contributed by atoms with Gasteiger partial charge in [0.05, 0.1) is 12.2 Å². The molecule has 3 rings (SSSR count). The lowest BCUT2D eigenvalue weighted by Crippen LogP contribution is -2.46. The van der Waals surface area contributed by atoms with Gasteiger partial charge in [-0.1, -0.05) is 0 Å². The fourth-order valence-corrected chi connectivity index (χ4v) is 3.37. The molecule has 1 amide bonds. The molecule has 3 atom stereocenters. The van der Waals surface area contributed by atoms with E-state index in [0.717, 1.165) is 44.1 Å². The number of ether oxygens (including phenoxy) is 1. The van der Waals surface area contributed by atoms with Crippen LogP contribution in [-0.4, -0.2) is 53.8 Å².